The second-order valence-corrected chi connectivity index (χ2v) is 13.9. The van der Waals surface area contributed by atoms with E-state index >= 15 is 0 Å². The molecule has 0 aromatic heterocycles. The average Bonchev–Trinajstić information content (AvgIpc) is 3.53. The molecule has 9 nitrogen and oxygen atoms in total. The van der Waals surface area contributed by atoms with Crippen LogP contribution in [-0.4, -0.2) is 106 Å². The van der Waals surface area contributed by atoms with Crippen LogP contribution >= 0.6 is 27.7 Å². The highest BCUT2D eigenvalue weighted by atomic mass is 79.9. The van der Waals surface area contributed by atoms with Crippen molar-refractivity contribution < 1.29 is 24.2 Å². The molecule has 4 fully saturated rings. The molecule has 0 saturated carbocycles. The summed E-state index contributed by atoms with van der Waals surface area (Å²) in [6.45, 7) is 8.01. The first-order valence-corrected chi connectivity index (χ1v) is 15.8. The number of anilines is 1. The Morgan fingerprint density at radius 1 is 1.23 bits per heavy atom. The summed E-state index contributed by atoms with van der Waals surface area (Å²) in [4.78, 5) is 45.9. The minimum atomic E-state index is -0.754. The lowest BCUT2D eigenvalue weighted by Gasteiger charge is -2.39. The van der Waals surface area contributed by atoms with E-state index in [1.165, 1.54) is 0 Å². The predicted octanol–water partition coefficient (Wildman–Crippen LogP) is 1.95. The first-order chi connectivity index (χ1) is 18.8. The third-order valence-electron chi connectivity index (χ3n) is 9.00. The van der Waals surface area contributed by atoms with Crippen LogP contribution in [0.4, 0.5) is 5.69 Å². The number of aliphatic hydroxyl groups is 1. The van der Waals surface area contributed by atoms with Crippen molar-refractivity contribution in [3.05, 3.63) is 30.3 Å². The Labute approximate surface area is 242 Å². The van der Waals surface area contributed by atoms with E-state index in [2.05, 4.69) is 31.5 Å². The topological polar surface area (TPSA) is 111 Å². The molecule has 3 unspecified atom stereocenters. The van der Waals surface area contributed by atoms with Gasteiger partial charge in [-0.3, -0.25) is 19.3 Å². The first-order valence-electron chi connectivity index (χ1n) is 14.0. The van der Waals surface area contributed by atoms with Crippen molar-refractivity contribution in [2.75, 3.05) is 51.3 Å². The van der Waals surface area contributed by atoms with Gasteiger partial charge < -0.3 is 25.4 Å². The van der Waals surface area contributed by atoms with Gasteiger partial charge in [0.15, 0.2) is 0 Å². The molecule has 3 amide bonds. The fourth-order valence-electron chi connectivity index (χ4n) is 6.84. The molecule has 214 valence electrons. The fourth-order valence-corrected chi connectivity index (χ4v) is 10.4. The molecular formula is C28H39BrN4O5S. The number of carbonyl (C=O) groups is 3. The molecule has 11 heteroatoms. The molecule has 4 saturated heterocycles. The molecule has 4 aliphatic heterocycles. The lowest BCUT2D eigenvalue weighted by Crippen LogP contribution is -2.58. The van der Waals surface area contributed by atoms with E-state index in [4.69, 9.17) is 4.74 Å². The molecule has 4 aliphatic rings. The average molecular weight is 624 g/mol. The number of thioether (sulfide) groups is 1. The summed E-state index contributed by atoms with van der Waals surface area (Å²) >= 11 is 5.43. The Morgan fingerprint density at radius 2 is 1.95 bits per heavy atom. The maximum Gasteiger partial charge on any atom is 0.244 e. The largest absolute Gasteiger partial charge is 0.394 e. The number of rotatable bonds is 10. The highest BCUT2D eigenvalue weighted by Crippen LogP contribution is 2.68. The Morgan fingerprint density at radius 3 is 2.62 bits per heavy atom. The number of nitrogens with zero attached hydrogens (tertiary/aromatic N) is 2. The zero-order valence-electron chi connectivity index (χ0n) is 22.6. The number of para-hydroxylation sites is 1. The lowest BCUT2D eigenvalue weighted by molar-refractivity contribution is -0.143. The summed E-state index contributed by atoms with van der Waals surface area (Å²) < 4.78 is 4.69. The second-order valence-electron chi connectivity index (χ2n) is 11.1. The number of alkyl halides is 1. The number of carbonyl (C=O) groups excluding carboxylic acids is 3. The predicted molar refractivity (Wildman–Crippen MR) is 155 cm³/mol. The second kappa shape index (κ2) is 12.1. The Bertz CT molecular complexity index is 1060. The highest BCUT2D eigenvalue weighted by molar-refractivity contribution is 9.09. The third-order valence-corrected chi connectivity index (χ3v) is 12.2. The maximum atomic E-state index is 14.3. The van der Waals surface area contributed by atoms with E-state index in [0.29, 0.717) is 38.4 Å². The molecule has 1 spiro atoms. The fraction of sp³-hybridized carbons (Fsp3) is 0.679. The van der Waals surface area contributed by atoms with Crippen molar-refractivity contribution in [1.29, 1.82) is 0 Å². The number of ether oxygens (including phenoxy) is 1. The summed E-state index contributed by atoms with van der Waals surface area (Å²) in [6, 6.07) is 8.02. The van der Waals surface area contributed by atoms with E-state index in [1.54, 1.807) is 16.7 Å². The van der Waals surface area contributed by atoms with E-state index in [-0.39, 0.29) is 40.3 Å². The smallest absolute Gasteiger partial charge is 0.244 e. The van der Waals surface area contributed by atoms with E-state index in [9.17, 15) is 19.5 Å². The van der Waals surface area contributed by atoms with Crippen molar-refractivity contribution >= 4 is 51.1 Å². The number of nitrogens with one attached hydrogen (secondary N) is 2. The van der Waals surface area contributed by atoms with E-state index in [1.807, 2.05) is 44.2 Å². The standard InChI is InChI=1S/C28H39BrN4O5S/c1-3-17(2)20(16-34)33-24(26(36)30-9-10-32-11-13-38-14-12-32)28-15-19(29)23(39-28)21(22(28)27(33)37)25(35)31-18-7-5-4-6-8-18/h4-8,17,19-24,34H,3,9-16H2,1-2H3,(H,30,36)(H,31,35)/t17-,19?,20-,21+,22-,23+,24?,28?/m0/s1. The molecule has 1 aromatic rings. The summed E-state index contributed by atoms with van der Waals surface area (Å²) in [5.41, 5.74) is 0.683. The minimum absolute atomic E-state index is 0.00199. The quantitative estimate of drug-likeness (QED) is 0.342. The summed E-state index contributed by atoms with van der Waals surface area (Å²) in [5, 5.41) is 16.5. The van der Waals surface area contributed by atoms with Crippen LogP contribution in [-0.2, 0) is 19.1 Å². The van der Waals surface area contributed by atoms with Crippen molar-refractivity contribution in [3.8, 4) is 0 Å². The van der Waals surface area contributed by atoms with Gasteiger partial charge in [0.1, 0.15) is 6.04 Å². The van der Waals surface area contributed by atoms with Crippen LogP contribution in [0, 0.1) is 17.8 Å². The van der Waals surface area contributed by atoms with Crippen LogP contribution in [0.5, 0.6) is 0 Å². The molecule has 1 aromatic carbocycles. The van der Waals surface area contributed by atoms with Crippen molar-refractivity contribution in [3.63, 3.8) is 0 Å². The lowest BCUT2D eigenvalue weighted by atomic mass is 9.70. The monoisotopic (exact) mass is 622 g/mol. The van der Waals surface area contributed by atoms with Gasteiger partial charge >= 0.3 is 0 Å². The molecule has 2 bridgehead atoms. The molecule has 3 N–H and O–H groups in total. The zero-order chi connectivity index (χ0) is 27.7. The third kappa shape index (κ3) is 5.25. The minimum Gasteiger partial charge on any atom is -0.394 e. The summed E-state index contributed by atoms with van der Waals surface area (Å²) in [7, 11) is 0. The van der Waals surface area contributed by atoms with Crippen molar-refractivity contribution in [1.82, 2.24) is 15.1 Å². The Balaban J connectivity index is 1.44. The molecular weight excluding hydrogens is 584 g/mol. The number of aliphatic hydroxyl groups excluding tert-OH is 1. The van der Waals surface area contributed by atoms with Gasteiger partial charge in [-0.05, 0) is 24.5 Å². The normalized spacial score (nSPS) is 33.6. The van der Waals surface area contributed by atoms with Gasteiger partial charge in [0.25, 0.3) is 0 Å². The molecule has 39 heavy (non-hydrogen) atoms. The number of hydrogen-bond acceptors (Lipinski definition) is 7. The zero-order valence-corrected chi connectivity index (χ0v) is 25.0. The maximum absolute atomic E-state index is 14.3. The molecule has 0 radical (unpaired) electrons. The molecule has 5 rings (SSSR count). The number of halogens is 1. The van der Waals surface area contributed by atoms with Gasteiger partial charge in [-0.2, -0.15) is 0 Å². The van der Waals surface area contributed by atoms with Crippen molar-refractivity contribution in [2.24, 2.45) is 17.8 Å². The van der Waals surface area contributed by atoms with E-state index in [0.717, 1.165) is 19.5 Å². The number of amides is 3. The van der Waals surface area contributed by atoms with Gasteiger partial charge in [0.05, 0.1) is 42.4 Å². The van der Waals surface area contributed by atoms with Crippen LogP contribution < -0.4 is 10.6 Å². The van der Waals surface area contributed by atoms with Crippen LogP contribution in [0.3, 0.4) is 0 Å². The molecule has 0 aliphatic carbocycles. The SMILES string of the molecule is CC[C@H](C)[C@H](CO)N1C(=O)[C@@H]2[C@@H](C(=O)Nc3ccccc3)[C@@H]3SC2(CC3Br)C1C(=O)NCCN1CCOCC1. The van der Waals surface area contributed by atoms with Gasteiger partial charge in [0.2, 0.25) is 17.7 Å². The molecule has 8 atom stereocenters. The Hall–Kier alpha value is -1.66. The number of fused-ring (bicyclic) bond motifs is 1. The van der Waals surface area contributed by atoms with Crippen LogP contribution in [0.2, 0.25) is 0 Å². The van der Waals surface area contributed by atoms with Gasteiger partial charge in [-0.15, -0.1) is 11.8 Å². The van der Waals surface area contributed by atoms with E-state index < -0.39 is 28.7 Å². The van der Waals surface area contributed by atoms with Crippen molar-refractivity contribution in [2.45, 2.75) is 53.6 Å². The van der Waals surface area contributed by atoms with Crippen LogP contribution in [0.1, 0.15) is 26.7 Å². The Kier molecular flexibility index (Phi) is 8.92. The van der Waals surface area contributed by atoms with Crippen LogP contribution in [0.15, 0.2) is 30.3 Å². The molecule has 4 heterocycles. The van der Waals surface area contributed by atoms with Crippen LogP contribution in [0.25, 0.3) is 0 Å². The number of benzene rings is 1. The van der Waals surface area contributed by atoms with Gasteiger partial charge in [-0.25, -0.2) is 0 Å². The summed E-state index contributed by atoms with van der Waals surface area (Å²) in [6.07, 6.45) is 1.37. The van der Waals surface area contributed by atoms with Gasteiger partial charge in [-0.1, -0.05) is 54.4 Å². The number of morpholine rings is 1. The number of hydrogen-bond donors (Lipinski definition) is 3. The van der Waals surface area contributed by atoms with Gasteiger partial charge in [0, 0.05) is 41.9 Å². The highest BCUT2D eigenvalue weighted by Gasteiger charge is 2.76. The first kappa shape index (κ1) is 28.9. The number of likely N-dealkylation sites (tertiary alicyclic amines) is 1. The summed E-state index contributed by atoms with van der Waals surface area (Å²) in [5.74, 6) is -1.79.